The summed E-state index contributed by atoms with van der Waals surface area (Å²) >= 11 is 0. The average molecular weight is 396 g/mol. The topological polar surface area (TPSA) is 133 Å². The molecule has 0 bridgehead atoms. The Morgan fingerprint density at radius 3 is 2.93 bits per heavy atom. The van der Waals surface area contributed by atoms with Gasteiger partial charge in [-0.15, -0.1) is 0 Å². The molecule has 0 saturated carbocycles. The van der Waals surface area contributed by atoms with Crippen molar-refractivity contribution in [3.63, 3.8) is 0 Å². The van der Waals surface area contributed by atoms with Gasteiger partial charge in [0.2, 0.25) is 0 Å². The van der Waals surface area contributed by atoms with Gasteiger partial charge in [0.25, 0.3) is 5.91 Å². The zero-order valence-electron chi connectivity index (χ0n) is 15.6. The molecule has 3 rings (SSSR count). The number of halogens is 1. The monoisotopic (exact) mass is 396 g/mol. The van der Waals surface area contributed by atoms with Crippen LogP contribution in [0.25, 0.3) is 11.0 Å². The van der Waals surface area contributed by atoms with Gasteiger partial charge in [-0.1, -0.05) is 12.1 Å². The number of rotatable bonds is 8. The van der Waals surface area contributed by atoms with Gasteiger partial charge < -0.3 is 21.4 Å². The van der Waals surface area contributed by atoms with E-state index in [-0.39, 0.29) is 18.1 Å². The van der Waals surface area contributed by atoms with E-state index in [0.717, 1.165) is 16.9 Å². The van der Waals surface area contributed by atoms with Crippen molar-refractivity contribution in [3.8, 4) is 0 Å². The first kappa shape index (κ1) is 20.1. The predicted octanol–water partition coefficient (Wildman–Crippen LogP) is 0.888. The van der Waals surface area contributed by atoms with Gasteiger partial charge in [0.1, 0.15) is 18.0 Å². The zero-order chi connectivity index (χ0) is 20.5. The number of nitrogens with two attached hydrogens (primary N) is 1. The third-order valence-corrected chi connectivity index (χ3v) is 3.91. The lowest BCUT2D eigenvalue weighted by atomic mass is 10.3. The Morgan fingerprint density at radius 1 is 1.24 bits per heavy atom. The van der Waals surface area contributed by atoms with E-state index in [1.807, 2.05) is 24.3 Å². The molecule has 1 aromatic carbocycles. The molecule has 0 aliphatic heterocycles. The molecule has 2 heterocycles. The van der Waals surface area contributed by atoms with Crippen LogP contribution in [0.5, 0.6) is 0 Å². The highest BCUT2D eigenvalue weighted by Crippen LogP contribution is 2.09. The fourth-order valence-electron chi connectivity index (χ4n) is 2.46. The lowest BCUT2D eigenvalue weighted by Gasteiger charge is -2.04. The molecule has 0 saturated heterocycles. The lowest BCUT2D eigenvalue weighted by Crippen LogP contribution is -2.36. The van der Waals surface area contributed by atoms with Crippen LogP contribution >= 0.6 is 0 Å². The predicted molar refractivity (Wildman–Crippen MR) is 109 cm³/mol. The number of nitrogens with zero attached hydrogens (tertiary/aromatic N) is 4. The highest BCUT2D eigenvalue weighted by molar-refractivity contribution is 6.38. The number of H-pyrrole nitrogens is 1. The molecule has 0 spiro atoms. The number of imidazole rings is 1. The summed E-state index contributed by atoms with van der Waals surface area (Å²) in [5.41, 5.74) is 7.62. The number of aromatic nitrogens is 3. The van der Waals surface area contributed by atoms with Gasteiger partial charge >= 0.3 is 0 Å². The van der Waals surface area contributed by atoms with Crippen LogP contribution in [0.2, 0.25) is 0 Å². The number of hydrogen-bond donors (Lipinski definition) is 4. The number of aromatic amines is 1. The molecule has 0 unspecified atom stereocenters. The second kappa shape index (κ2) is 10.0. The highest BCUT2D eigenvalue weighted by Gasteiger charge is 2.08. The Balaban J connectivity index is 1.35. The number of carbonyl (C=O) groups excluding carboxylic acids is 1. The van der Waals surface area contributed by atoms with Crippen LogP contribution in [-0.4, -0.2) is 46.1 Å². The summed E-state index contributed by atoms with van der Waals surface area (Å²) in [5.74, 6) is -0.539. The molecule has 0 fully saturated rings. The van der Waals surface area contributed by atoms with E-state index < -0.39 is 11.7 Å². The molecule has 2 aromatic heterocycles. The van der Waals surface area contributed by atoms with Crippen molar-refractivity contribution < 1.29 is 9.18 Å². The number of nitrogens with one attached hydrogen (secondary N) is 3. The normalized spacial score (nSPS) is 12.0. The highest BCUT2D eigenvalue weighted by atomic mass is 19.1. The van der Waals surface area contributed by atoms with Crippen LogP contribution in [0, 0.1) is 5.82 Å². The molecule has 150 valence electrons. The van der Waals surface area contributed by atoms with Crippen LogP contribution in [0.3, 0.4) is 0 Å². The van der Waals surface area contributed by atoms with Gasteiger partial charge in [-0.25, -0.2) is 14.4 Å². The molecule has 10 heteroatoms. The number of fused-ring (bicyclic) bond motifs is 1. The number of amidine groups is 1. The van der Waals surface area contributed by atoms with Gasteiger partial charge in [-0.3, -0.25) is 14.8 Å². The minimum atomic E-state index is -0.621. The van der Waals surface area contributed by atoms with Crippen molar-refractivity contribution in [3.05, 3.63) is 59.9 Å². The van der Waals surface area contributed by atoms with Gasteiger partial charge in [0, 0.05) is 12.7 Å². The molecule has 9 nitrogen and oxygen atoms in total. The van der Waals surface area contributed by atoms with Crippen LogP contribution in [0.1, 0.15) is 11.5 Å². The Morgan fingerprint density at radius 2 is 2.10 bits per heavy atom. The molecule has 0 atom stereocenters. The minimum absolute atomic E-state index is 0.0788. The van der Waals surface area contributed by atoms with E-state index >= 15 is 0 Å². The maximum Gasteiger partial charge on any atom is 0.286 e. The van der Waals surface area contributed by atoms with E-state index in [9.17, 15) is 9.18 Å². The molecule has 0 aliphatic carbocycles. The SMILES string of the molecule is NC(=NC=NCCNCc1nc2ccccc2[nH]1)C(=O)NCc1ncccc1F. The van der Waals surface area contributed by atoms with E-state index in [1.165, 1.54) is 24.7 Å². The summed E-state index contributed by atoms with van der Waals surface area (Å²) in [6, 6.07) is 10.6. The first-order chi connectivity index (χ1) is 14.1. The Kier molecular flexibility index (Phi) is 6.95. The van der Waals surface area contributed by atoms with Gasteiger partial charge in [-0.05, 0) is 24.3 Å². The van der Waals surface area contributed by atoms with Crippen molar-refractivity contribution in [1.29, 1.82) is 0 Å². The van der Waals surface area contributed by atoms with Crippen molar-refractivity contribution in [2.45, 2.75) is 13.1 Å². The van der Waals surface area contributed by atoms with E-state index in [4.69, 9.17) is 5.73 Å². The van der Waals surface area contributed by atoms with Crippen LogP contribution < -0.4 is 16.4 Å². The summed E-state index contributed by atoms with van der Waals surface area (Å²) in [6.07, 6.45) is 2.66. The molecule has 0 radical (unpaired) electrons. The fourth-order valence-corrected chi connectivity index (χ4v) is 2.46. The molecule has 0 aliphatic rings. The maximum atomic E-state index is 13.4. The summed E-state index contributed by atoms with van der Waals surface area (Å²) < 4.78 is 13.4. The van der Waals surface area contributed by atoms with Crippen molar-refractivity contribution in [2.75, 3.05) is 13.1 Å². The standard InChI is InChI=1S/C19H21FN8O/c20-13-4-3-7-24-16(13)10-25-19(29)18(21)26-12-23-9-8-22-11-17-27-14-5-1-2-6-15(14)28-17/h1-7,12,22H,8-11H2,(H,25,29)(H,27,28)(H2,21,23,26). The molecule has 3 aromatic rings. The number of amides is 1. The van der Waals surface area contributed by atoms with Gasteiger partial charge in [0.15, 0.2) is 5.84 Å². The largest absolute Gasteiger partial charge is 0.379 e. The maximum absolute atomic E-state index is 13.4. The van der Waals surface area contributed by atoms with E-state index in [1.54, 1.807) is 0 Å². The summed E-state index contributed by atoms with van der Waals surface area (Å²) in [5, 5.41) is 5.66. The molecule has 29 heavy (non-hydrogen) atoms. The van der Waals surface area contributed by atoms with Crippen LogP contribution in [0.15, 0.2) is 52.6 Å². The smallest absolute Gasteiger partial charge is 0.286 e. The lowest BCUT2D eigenvalue weighted by molar-refractivity contribution is -0.115. The number of hydrogen-bond acceptors (Lipinski definition) is 5. The first-order valence-electron chi connectivity index (χ1n) is 8.97. The van der Waals surface area contributed by atoms with E-state index in [2.05, 4.69) is 35.6 Å². The summed E-state index contributed by atoms with van der Waals surface area (Å²) in [4.78, 5) is 31.2. The Hall–Kier alpha value is -3.66. The first-order valence-corrected chi connectivity index (χ1v) is 8.97. The minimum Gasteiger partial charge on any atom is -0.379 e. The van der Waals surface area contributed by atoms with Crippen molar-refractivity contribution in [2.24, 2.45) is 15.7 Å². The number of pyridine rings is 1. The van der Waals surface area contributed by atoms with Crippen molar-refractivity contribution >= 4 is 29.1 Å². The number of carbonyl (C=O) groups is 1. The van der Waals surface area contributed by atoms with Crippen molar-refractivity contribution in [1.82, 2.24) is 25.6 Å². The average Bonchev–Trinajstić information content (AvgIpc) is 3.15. The zero-order valence-corrected chi connectivity index (χ0v) is 15.6. The summed E-state index contributed by atoms with van der Waals surface area (Å²) in [6.45, 7) is 1.57. The molecular formula is C19H21FN8O. The van der Waals surface area contributed by atoms with E-state index in [0.29, 0.717) is 19.6 Å². The quantitative estimate of drug-likeness (QED) is 0.255. The Labute approximate surface area is 166 Å². The van der Waals surface area contributed by atoms with Gasteiger partial charge in [0.05, 0.1) is 36.4 Å². The summed E-state index contributed by atoms with van der Waals surface area (Å²) in [7, 11) is 0. The second-order valence-electron chi connectivity index (χ2n) is 6.03. The third kappa shape index (κ3) is 5.91. The molecule has 1 amide bonds. The third-order valence-electron chi connectivity index (χ3n) is 3.91. The Bertz CT molecular complexity index is 997. The molecule has 5 N–H and O–H groups in total. The van der Waals surface area contributed by atoms with Crippen LogP contribution in [-0.2, 0) is 17.9 Å². The number of benzene rings is 1. The number of para-hydroxylation sites is 2. The van der Waals surface area contributed by atoms with Crippen LogP contribution in [0.4, 0.5) is 4.39 Å². The van der Waals surface area contributed by atoms with Gasteiger partial charge in [-0.2, -0.15) is 0 Å². The molecular weight excluding hydrogens is 375 g/mol. The second-order valence-corrected chi connectivity index (χ2v) is 6.03. The fraction of sp³-hybridized carbons (Fsp3) is 0.211. The number of aliphatic imine (C=N–C) groups is 2.